The quantitative estimate of drug-likeness (QED) is 0.173. The van der Waals surface area contributed by atoms with Crippen molar-refractivity contribution >= 4 is 41.8 Å². The van der Waals surface area contributed by atoms with Crippen LogP contribution in [-0.2, 0) is 20.7 Å². The van der Waals surface area contributed by atoms with Gasteiger partial charge in [0.05, 0.1) is 12.1 Å². The molecule has 1 saturated heterocycles. The van der Waals surface area contributed by atoms with Crippen LogP contribution in [0.15, 0.2) is 79.0 Å². The average Bonchev–Trinajstić information content (AvgIpc) is 3.53. The fourth-order valence-electron chi connectivity index (χ4n) is 4.96. The lowest BCUT2D eigenvalue weighted by molar-refractivity contribution is -0.137. The molecular weight excluding hydrogens is 580 g/mol. The second-order valence-corrected chi connectivity index (χ2v) is 11.8. The normalized spacial score (nSPS) is 16.7. The predicted octanol–water partition coefficient (Wildman–Crippen LogP) is 4.73. The summed E-state index contributed by atoms with van der Waals surface area (Å²) in [5.41, 5.74) is 1.13. The molecule has 0 saturated carbocycles. The molecule has 4 aromatic rings. The predicted molar refractivity (Wildman–Crippen MR) is 156 cm³/mol. The van der Waals surface area contributed by atoms with E-state index < -0.39 is 38.0 Å². The maximum atomic E-state index is 14.6. The summed E-state index contributed by atoms with van der Waals surface area (Å²) in [6, 6.07) is 19.2. The highest BCUT2D eigenvalue weighted by Gasteiger charge is 2.40. The fourth-order valence-corrected chi connectivity index (χ4v) is 5.28. The third-order valence-corrected chi connectivity index (χ3v) is 7.36. The van der Waals surface area contributed by atoms with Gasteiger partial charge < -0.3 is 34.0 Å². The van der Waals surface area contributed by atoms with Crippen LogP contribution in [0, 0.1) is 0 Å². The third-order valence-electron chi connectivity index (χ3n) is 6.89. The first-order chi connectivity index (χ1) is 20.5. The summed E-state index contributed by atoms with van der Waals surface area (Å²) >= 11 is 0. The Morgan fingerprint density at radius 2 is 1.74 bits per heavy atom. The molecule has 43 heavy (non-hydrogen) atoms. The highest BCUT2D eigenvalue weighted by atomic mass is 31.2. The van der Waals surface area contributed by atoms with Gasteiger partial charge in [-0.15, -0.1) is 0 Å². The van der Waals surface area contributed by atoms with Crippen molar-refractivity contribution in [2.24, 2.45) is 0 Å². The van der Waals surface area contributed by atoms with Crippen LogP contribution in [0.3, 0.4) is 0 Å². The van der Waals surface area contributed by atoms with Gasteiger partial charge in [0.15, 0.2) is 12.1 Å². The van der Waals surface area contributed by atoms with Gasteiger partial charge in [-0.05, 0) is 43.3 Å². The number of ether oxygens (including phenoxy) is 2. The minimum absolute atomic E-state index is 0.124. The number of para-hydroxylation sites is 1. The van der Waals surface area contributed by atoms with E-state index in [4.69, 9.17) is 19.3 Å². The van der Waals surface area contributed by atoms with Crippen LogP contribution in [-0.4, -0.2) is 62.0 Å². The third kappa shape index (κ3) is 7.29. The number of nitrogens with one attached hydrogen (secondary N) is 1. The van der Waals surface area contributed by atoms with E-state index in [-0.39, 0.29) is 31.0 Å². The number of alkyl halides is 1. The Kier molecular flexibility index (Phi) is 8.63. The number of benzene rings is 3. The Labute approximate surface area is 246 Å². The molecule has 0 bridgehead atoms. The van der Waals surface area contributed by atoms with Gasteiger partial charge in [-0.25, -0.2) is 4.39 Å². The van der Waals surface area contributed by atoms with Crippen molar-refractivity contribution in [1.29, 1.82) is 0 Å². The number of likely N-dealkylation sites (tertiary alicyclic amines) is 1. The van der Waals surface area contributed by atoms with Gasteiger partial charge in [0.25, 0.3) is 0 Å². The molecule has 11 nitrogen and oxygen atoms in total. The standard InChI is InChI=1S/C30H29FN3O8P/c1-19(35)26-16-33(27-14-23(10-11-25(26)27)41-18-43(38,39)40)17-29(36)34-15-20(31)12-28(34)30(37)32-21-6-5-9-24(13-21)42-22-7-3-2-4-8-22/h2-11,13-14,16,20,28H,12,15,17-18H2,1H3,(H,32,37)(H2,38,39,40)/t20-,28+/m1/s1. The number of carbonyl (C=O) groups excluding carboxylic acids is 3. The van der Waals surface area contributed by atoms with Gasteiger partial charge in [-0.3, -0.25) is 18.9 Å². The SMILES string of the molecule is CC(=O)c1cn(CC(=O)N2C[C@H](F)C[C@H]2C(=O)Nc2cccc(Oc3ccccc3)c2)c2cc(OCP(=O)(O)O)ccc12. The van der Waals surface area contributed by atoms with Gasteiger partial charge in [0, 0.05) is 41.4 Å². The molecular formula is C30H29FN3O8P. The van der Waals surface area contributed by atoms with Crippen molar-refractivity contribution in [2.75, 3.05) is 18.2 Å². The van der Waals surface area contributed by atoms with E-state index in [0.717, 1.165) is 0 Å². The topological polar surface area (TPSA) is 147 Å². The number of ketones is 1. The molecule has 13 heteroatoms. The van der Waals surface area contributed by atoms with Gasteiger partial charge in [0.1, 0.15) is 36.0 Å². The van der Waals surface area contributed by atoms with Crippen molar-refractivity contribution in [1.82, 2.24) is 9.47 Å². The fraction of sp³-hybridized carbons (Fsp3) is 0.233. The second kappa shape index (κ2) is 12.4. The average molecular weight is 610 g/mol. The van der Waals surface area contributed by atoms with Crippen LogP contribution in [0.1, 0.15) is 23.7 Å². The Morgan fingerprint density at radius 3 is 2.47 bits per heavy atom. The minimum Gasteiger partial charge on any atom is -0.481 e. The lowest BCUT2D eigenvalue weighted by atomic mass is 10.1. The van der Waals surface area contributed by atoms with Crippen LogP contribution in [0.2, 0.25) is 0 Å². The number of hydrogen-bond acceptors (Lipinski definition) is 6. The Balaban J connectivity index is 1.33. The molecule has 0 spiro atoms. The van der Waals surface area contributed by atoms with Crippen molar-refractivity contribution < 1.29 is 42.6 Å². The van der Waals surface area contributed by atoms with Gasteiger partial charge in [-0.1, -0.05) is 24.3 Å². The van der Waals surface area contributed by atoms with Gasteiger partial charge in [0.2, 0.25) is 11.8 Å². The highest BCUT2D eigenvalue weighted by molar-refractivity contribution is 7.51. The molecule has 5 rings (SSSR count). The monoisotopic (exact) mass is 609 g/mol. The van der Waals surface area contributed by atoms with E-state index in [9.17, 15) is 23.3 Å². The van der Waals surface area contributed by atoms with E-state index >= 15 is 0 Å². The summed E-state index contributed by atoms with van der Waals surface area (Å²) in [5.74, 6) is -0.143. The van der Waals surface area contributed by atoms with E-state index in [2.05, 4.69) is 5.32 Å². The first-order valence-corrected chi connectivity index (χ1v) is 15.1. The Morgan fingerprint density at radius 1 is 1.00 bits per heavy atom. The van der Waals surface area contributed by atoms with Gasteiger partial charge in [-0.2, -0.15) is 0 Å². The highest BCUT2D eigenvalue weighted by Crippen LogP contribution is 2.35. The molecule has 1 aliphatic heterocycles. The summed E-state index contributed by atoms with van der Waals surface area (Å²) in [5, 5.41) is 3.25. The number of Topliss-reactive ketones (excluding diaryl/α,β-unsaturated/α-hetero) is 1. The number of fused-ring (bicyclic) bond motifs is 1. The van der Waals surface area contributed by atoms with Crippen molar-refractivity contribution in [2.45, 2.75) is 32.1 Å². The number of carbonyl (C=O) groups is 3. The zero-order valence-corrected chi connectivity index (χ0v) is 23.9. The maximum Gasteiger partial charge on any atom is 0.362 e. The Bertz CT molecular complexity index is 1720. The molecule has 0 aliphatic carbocycles. The second-order valence-electron chi connectivity index (χ2n) is 10.2. The number of aromatic nitrogens is 1. The molecule has 1 aromatic heterocycles. The molecule has 2 amide bonds. The van der Waals surface area contributed by atoms with Crippen LogP contribution in [0.25, 0.3) is 10.9 Å². The summed E-state index contributed by atoms with van der Waals surface area (Å²) in [6.07, 6.45) is -0.951. The number of nitrogens with zero attached hydrogens (tertiary/aromatic N) is 2. The molecule has 0 radical (unpaired) electrons. The number of hydrogen-bond donors (Lipinski definition) is 3. The van der Waals surface area contributed by atoms with E-state index in [1.165, 1.54) is 34.7 Å². The molecule has 3 N–H and O–H groups in total. The molecule has 0 unspecified atom stereocenters. The van der Waals surface area contributed by atoms with Crippen LogP contribution in [0.5, 0.6) is 17.2 Å². The van der Waals surface area contributed by atoms with Crippen molar-refractivity contribution in [3.05, 3.63) is 84.6 Å². The Hall–Kier alpha value is -4.51. The molecule has 224 valence electrons. The minimum atomic E-state index is -4.44. The summed E-state index contributed by atoms with van der Waals surface area (Å²) in [6.45, 7) is 0.777. The number of anilines is 1. The van der Waals surface area contributed by atoms with Gasteiger partial charge >= 0.3 is 7.60 Å². The first-order valence-electron chi connectivity index (χ1n) is 13.4. The molecule has 2 heterocycles. The van der Waals surface area contributed by atoms with Crippen molar-refractivity contribution in [3.8, 4) is 17.2 Å². The van der Waals surface area contributed by atoms with Crippen LogP contribution < -0.4 is 14.8 Å². The van der Waals surface area contributed by atoms with Crippen LogP contribution in [0.4, 0.5) is 10.1 Å². The molecule has 1 fully saturated rings. The maximum absolute atomic E-state index is 14.6. The van der Waals surface area contributed by atoms with E-state index in [1.807, 2.05) is 18.2 Å². The molecule has 1 aliphatic rings. The lowest BCUT2D eigenvalue weighted by Gasteiger charge is -2.24. The zero-order valence-electron chi connectivity index (χ0n) is 23.1. The number of amides is 2. The summed E-state index contributed by atoms with van der Waals surface area (Å²) in [4.78, 5) is 58.5. The summed E-state index contributed by atoms with van der Waals surface area (Å²) < 4.78 is 38.3. The van der Waals surface area contributed by atoms with E-state index in [0.29, 0.717) is 33.7 Å². The number of rotatable bonds is 10. The molecule has 2 atom stereocenters. The van der Waals surface area contributed by atoms with Crippen LogP contribution >= 0.6 is 7.60 Å². The first kappa shape index (κ1) is 30.0. The zero-order chi connectivity index (χ0) is 30.7. The lowest BCUT2D eigenvalue weighted by Crippen LogP contribution is -2.44. The van der Waals surface area contributed by atoms with E-state index in [1.54, 1.807) is 42.5 Å². The number of halogens is 1. The largest absolute Gasteiger partial charge is 0.481 e. The smallest absolute Gasteiger partial charge is 0.362 e. The molecule has 3 aromatic carbocycles. The summed E-state index contributed by atoms with van der Waals surface area (Å²) in [7, 11) is -4.44. The van der Waals surface area contributed by atoms with Crippen molar-refractivity contribution in [3.63, 3.8) is 0 Å².